The molecule has 0 radical (unpaired) electrons. The van der Waals surface area contributed by atoms with Crippen molar-refractivity contribution in [2.24, 2.45) is 0 Å². The Morgan fingerprint density at radius 1 is 0.967 bits per heavy atom. The maximum Gasteiger partial charge on any atom is 0.254 e. The summed E-state index contributed by atoms with van der Waals surface area (Å²) in [5, 5.41) is 0.838. The molecule has 2 heterocycles. The third-order valence-corrected chi connectivity index (χ3v) is 7.28. The van der Waals surface area contributed by atoms with Gasteiger partial charge in [0.2, 0.25) is 10.0 Å². The van der Waals surface area contributed by atoms with Crippen molar-refractivity contribution in [2.75, 3.05) is 26.2 Å². The summed E-state index contributed by atoms with van der Waals surface area (Å²) in [5.41, 5.74) is 4.05. The molecule has 0 N–H and O–H groups in total. The number of piperazine rings is 1. The number of sulfonamides is 1. The largest absolute Gasteiger partial charge is 0.336 e. The highest BCUT2D eigenvalue weighted by molar-refractivity contribution is 7.88. The van der Waals surface area contributed by atoms with Gasteiger partial charge in [-0.15, -0.1) is 0 Å². The minimum Gasteiger partial charge on any atom is -0.336 e. The number of fused-ring (bicyclic) bond motifs is 1. The van der Waals surface area contributed by atoms with Crippen LogP contribution in [-0.4, -0.2) is 54.7 Å². The molecule has 4 rings (SSSR count). The van der Waals surface area contributed by atoms with Crippen molar-refractivity contribution in [3.05, 3.63) is 77.0 Å². The van der Waals surface area contributed by atoms with E-state index in [2.05, 4.69) is 4.98 Å². The Bertz CT molecular complexity index is 1190. The van der Waals surface area contributed by atoms with Gasteiger partial charge in [0.05, 0.1) is 16.8 Å². The normalized spacial score (nSPS) is 15.5. The van der Waals surface area contributed by atoms with E-state index in [0.29, 0.717) is 31.7 Å². The smallest absolute Gasteiger partial charge is 0.254 e. The van der Waals surface area contributed by atoms with Gasteiger partial charge in [0.25, 0.3) is 5.91 Å². The molecule has 0 spiro atoms. The third-order valence-electron chi connectivity index (χ3n) is 5.43. The van der Waals surface area contributed by atoms with E-state index in [-0.39, 0.29) is 11.7 Å². The fraction of sp³-hybridized carbons (Fsp3) is 0.304. The van der Waals surface area contributed by atoms with Crippen molar-refractivity contribution in [1.29, 1.82) is 0 Å². The van der Waals surface area contributed by atoms with Crippen LogP contribution in [-0.2, 0) is 15.8 Å². The molecule has 0 atom stereocenters. The maximum absolute atomic E-state index is 13.3. The molecule has 156 valence electrons. The highest BCUT2D eigenvalue weighted by Crippen LogP contribution is 2.23. The van der Waals surface area contributed by atoms with E-state index < -0.39 is 10.0 Å². The number of benzene rings is 2. The molecule has 0 unspecified atom stereocenters. The van der Waals surface area contributed by atoms with Gasteiger partial charge in [0, 0.05) is 37.3 Å². The average Bonchev–Trinajstić information content (AvgIpc) is 2.73. The van der Waals surface area contributed by atoms with E-state index in [0.717, 1.165) is 27.7 Å². The first-order valence-electron chi connectivity index (χ1n) is 10.0. The summed E-state index contributed by atoms with van der Waals surface area (Å²) in [6, 6.07) is 16.9. The van der Waals surface area contributed by atoms with Crippen LogP contribution in [0.15, 0.2) is 54.6 Å². The molecule has 0 bridgehead atoms. The summed E-state index contributed by atoms with van der Waals surface area (Å²) in [5.74, 6) is -0.0916. The van der Waals surface area contributed by atoms with Crippen molar-refractivity contribution in [3.8, 4) is 0 Å². The van der Waals surface area contributed by atoms with Gasteiger partial charge >= 0.3 is 0 Å². The van der Waals surface area contributed by atoms with Crippen LogP contribution in [0.2, 0.25) is 0 Å². The molecule has 7 heteroatoms. The maximum atomic E-state index is 13.3. The summed E-state index contributed by atoms with van der Waals surface area (Å²) in [4.78, 5) is 19.5. The van der Waals surface area contributed by atoms with Gasteiger partial charge in [-0.1, -0.05) is 42.0 Å². The topological polar surface area (TPSA) is 70.6 Å². The summed E-state index contributed by atoms with van der Waals surface area (Å²) >= 11 is 0. The quantitative estimate of drug-likeness (QED) is 0.646. The standard InChI is InChI=1S/C23H25N3O3S/c1-17-8-9-22-20(14-17)21(15-18(2)24-22)23(27)25-10-12-26(13-11-25)30(28,29)16-19-6-4-3-5-7-19/h3-9,14-15H,10-13,16H2,1-2H3. The van der Waals surface area contributed by atoms with Gasteiger partial charge in [-0.25, -0.2) is 8.42 Å². The molecule has 3 aromatic rings. The highest BCUT2D eigenvalue weighted by Gasteiger charge is 2.30. The SMILES string of the molecule is Cc1ccc2nc(C)cc(C(=O)N3CCN(S(=O)(=O)Cc4ccccc4)CC3)c2c1. The fourth-order valence-corrected chi connectivity index (χ4v) is 5.38. The van der Waals surface area contributed by atoms with E-state index in [1.807, 2.05) is 68.4 Å². The molecule has 1 aliphatic rings. The predicted octanol–water partition coefficient (Wildman–Crippen LogP) is 3.14. The fourth-order valence-electron chi connectivity index (χ4n) is 3.86. The van der Waals surface area contributed by atoms with Crippen LogP contribution in [0, 0.1) is 13.8 Å². The molecule has 1 aromatic heterocycles. The second-order valence-electron chi connectivity index (χ2n) is 7.76. The number of carbonyl (C=O) groups is 1. The van der Waals surface area contributed by atoms with Gasteiger partial charge < -0.3 is 4.90 Å². The second kappa shape index (κ2) is 8.16. The first kappa shape index (κ1) is 20.5. The Balaban J connectivity index is 1.50. The van der Waals surface area contributed by atoms with Crippen molar-refractivity contribution in [3.63, 3.8) is 0 Å². The number of amides is 1. The molecule has 6 nitrogen and oxygen atoms in total. The Morgan fingerprint density at radius 3 is 2.37 bits per heavy atom. The van der Waals surface area contributed by atoms with Crippen LogP contribution in [0.5, 0.6) is 0 Å². The Morgan fingerprint density at radius 2 is 1.67 bits per heavy atom. The number of carbonyl (C=O) groups excluding carboxylic acids is 1. The summed E-state index contributed by atoms with van der Waals surface area (Å²) in [7, 11) is -3.41. The highest BCUT2D eigenvalue weighted by atomic mass is 32.2. The lowest BCUT2D eigenvalue weighted by atomic mass is 10.0. The van der Waals surface area contributed by atoms with Gasteiger partial charge in [-0.05, 0) is 37.6 Å². The summed E-state index contributed by atoms with van der Waals surface area (Å²) < 4.78 is 27.0. The molecular formula is C23H25N3O3S. The molecule has 1 aliphatic heterocycles. The summed E-state index contributed by atoms with van der Waals surface area (Å²) in [6.07, 6.45) is 0. The van der Waals surface area contributed by atoms with E-state index in [4.69, 9.17) is 0 Å². The molecule has 0 saturated carbocycles. The first-order chi connectivity index (χ1) is 14.3. The van der Waals surface area contributed by atoms with E-state index in [1.165, 1.54) is 4.31 Å². The number of rotatable bonds is 4. The first-order valence-corrected chi connectivity index (χ1v) is 11.6. The van der Waals surface area contributed by atoms with Crippen molar-refractivity contribution in [1.82, 2.24) is 14.2 Å². The second-order valence-corrected chi connectivity index (χ2v) is 9.73. The number of nitrogens with zero attached hydrogens (tertiary/aromatic N) is 3. The molecular weight excluding hydrogens is 398 g/mol. The molecule has 2 aromatic carbocycles. The van der Waals surface area contributed by atoms with Crippen LogP contribution in [0.4, 0.5) is 0 Å². The Hall–Kier alpha value is -2.77. The van der Waals surface area contributed by atoms with E-state index in [9.17, 15) is 13.2 Å². The molecule has 1 amide bonds. The minimum atomic E-state index is -3.41. The van der Waals surface area contributed by atoms with Crippen LogP contribution >= 0.6 is 0 Å². The third kappa shape index (κ3) is 4.22. The predicted molar refractivity (Wildman–Crippen MR) is 118 cm³/mol. The average molecular weight is 424 g/mol. The number of pyridine rings is 1. The lowest BCUT2D eigenvalue weighted by molar-refractivity contribution is 0.0699. The zero-order chi connectivity index (χ0) is 21.3. The van der Waals surface area contributed by atoms with Crippen molar-refractivity contribution in [2.45, 2.75) is 19.6 Å². The summed E-state index contributed by atoms with van der Waals surface area (Å²) in [6.45, 7) is 5.24. The van der Waals surface area contributed by atoms with Gasteiger partial charge in [-0.2, -0.15) is 4.31 Å². The zero-order valence-electron chi connectivity index (χ0n) is 17.2. The van der Waals surface area contributed by atoms with E-state index >= 15 is 0 Å². The van der Waals surface area contributed by atoms with Crippen molar-refractivity contribution >= 4 is 26.8 Å². The molecule has 1 saturated heterocycles. The van der Waals surface area contributed by atoms with Crippen LogP contribution in [0.3, 0.4) is 0 Å². The number of aromatic nitrogens is 1. The number of aryl methyl sites for hydroxylation is 2. The van der Waals surface area contributed by atoms with Gasteiger partial charge in [-0.3, -0.25) is 9.78 Å². The lowest BCUT2D eigenvalue weighted by Crippen LogP contribution is -2.50. The molecule has 1 fully saturated rings. The lowest BCUT2D eigenvalue weighted by Gasteiger charge is -2.34. The monoisotopic (exact) mass is 423 g/mol. The Labute approximate surface area is 177 Å². The van der Waals surface area contributed by atoms with Gasteiger partial charge in [0.15, 0.2) is 0 Å². The minimum absolute atomic E-state index is 0.0186. The molecule has 30 heavy (non-hydrogen) atoms. The molecule has 0 aliphatic carbocycles. The zero-order valence-corrected chi connectivity index (χ0v) is 18.0. The van der Waals surface area contributed by atoms with Gasteiger partial charge in [0.1, 0.15) is 0 Å². The van der Waals surface area contributed by atoms with E-state index in [1.54, 1.807) is 4.90 Å². The van der Waals surface area contributed by atoms with Crippen LogP contribution in [0.1, 0.15) is 27.2 Å². The van der Waals surface area contributed by atoms with Crippen LogP contribution in [0.25, 0.3) is 10.9 Å². The number of hydrogen-bond acceptors (Lipinski definition) is 4. The Kier molecular flexibility index (Phi) is 5.58. The van der Waals surface area contributed by atoms with Crippen molar-refractivity contribution < 1.29 is 13.2 Å². The number of hydrogen-bond donors (Lipinski definition) is 0. The van der Waals surface area contributed by atoms with Crippen LogP contribution < -0.4 is 0 Å².